The molecule has 0 amide bonds. The number of fused-ring (bicyclic) bond motifs is 1. The van der Waals surface area contributed by atoms with Crippen LogP contribution in [0, 0.1) is 11.6 Å². The van der Waals surface area contributed by atoms with Gasteiger partial charge in [0, 0.05) is 30.4 Å². The maximum Gasteiger partial charge on any atom is 0.219 e. The lowest BCUT2D eigenvalue weighted by Gasteiger charge is -2.07. The highest BCUT2D eigenvalue weighted by Gasteiger charge is 2.19. The van der Waals surface area contributed by atoms with E-state index in [1.54, 1.807) is 12.4 Å². The minimum absolute atomic E-state index is 0.123. The quantitative estimate of drug-likeness (QED) is 0.563. The van der Waals surface area contributed by atoms with Crippen LogP contribution in [0.4, 0.5) is 20.5 Å². The van der Waals surface area contributed by atoms with Crippen molar-refractivity contribution in [1.29, 1.82) is 0 Å². The van der Waals surface area contributed by atoms with E-state index in [4.69, 9.17) is 11.5 Å². The summed E-state index contributed by atoms with van der Waals surface area (Å²) < 4.78 is 29.9. The third-order valence-electron chi connectivity index (χ3n) is 4.46. The number of hydrogen-bond acceptors (Lipinski definition) is 6. The first kappa shape index (κ1) is 17.8. The molecule has 4 rings (SSSR count). The van der Waals surface area contributed by atoms with Gasteiger partial charge in [-0.3, -0.25) is 0 Å². The average Bonchev–Trinajstić information content (AvgIpc) is 3.01. The number of nitrogen functional groups attached to an aromatic ring is 2. The van der Waals surface area contributed by atoms with Crippen LogP contribution in [0.5, 0.6) is 0 Å². The van der Waals surface area contributed by atoms with E-state index in [-0.39, 0.29) is 23.0 Å². The Hall–Kier alpha value is -3.62. The van der Waals surface area contributed by atoms with E-state index in [9.17, 15) is 8.78 Å². The molecule has 0 saturated carbocycles. The lowest BCUT2D eigenvalue weighted by Crippen LogP contribution is -2.03. The molecule has 4 aromatic rings. The molecule has 0 bridgehead atoms. The molecule has 1 aromatic carbocycles. The summed E-state index contributed by atoms with van der Waals surface area (Å²) in [5, 5.41) is 4.54. The van der Waals surface area contributed by atoms with E-state index in [1.807, 2.05) is 6.92 Å². The zero-order valence-corrected chi connectivity index (χ0v) is 15.0. The van der Waals surface area contributed by atoms with Crippen molar-refractivity contribution in [1.82, 2.24) is 24.6 Å². The predicted octanol–water partition coefficient (Wildman–Crippen LogP) is 2.78. The van der Waals surface area contributed by atoms with Gasteiger partial charge in [-0.05, 0) is 24.1 Å². The Morgan fingerprint density at radius 2 is 1.75 bits per heavy atom. The number of anilines is 2. The van der Waals surface area contributed by atoms with Gasteiger partial charge in [-0.15, -0.1) is 0 Å². The minimum Gasteiger partial charge on any atom is -0.384 e. The van der Waals surface area contributed by atoms with Crippen molar-refractivity contribution >= 4 is 17.4 Å². The Kier molecular flexibility index (Phi) is 4.34. The second kappa shape index (κ2) is 6.84. The van der Waals surface area contributed by atoms with Crippen molar-refractivity contribution < 1.29 is 8.78 Å². The lowest BCUT2D eigenvalue weighted by atomic mass is 10.1. The number of benzene rings is 1. The van der Waals surface area contributed by atoms with Crippen molar-refractivity contribution in [2.45, 2.75) is 19.8 Å². The van der Waals surface area contributed by atoms with Crippen LogP contribution in [0.2, 0.25) is 0 Å². The summed E-state index contributed by atoms with van der Waals surface area (Å²) in [5.74, 6) is -0.977. The molecule has 7 nitrogen and oxygen atoms in total. The Morgan fingerprint density at radius 3 is 2.39 bits per heavy atom. The van der Waals surface area contributed by atoms with Gasteiger partial charge in [-0.25, -0.2) is 23.7 Å². The molecule has 3 heterocycles. The molecular formula is C19H17F2N7. The van der Waals surface area contributed by atoms with Crippen molar-refractivity contribution in [3.05, 3.63) is 65.1 Å². The molecule has 0 fully saturated rings. The van der Waals surface area contributed by atoms with Gasteiger partial charge in [0.15, 0.2) is 5.65 Å². The molecule has 28 heavy (non-hydrogen) atoms. The molecule has 0 aliphatic heterocycles. The number of rotatable bonds is 4. The van der Waals surface area contributed by atoms with Gasteiger partial charge in [0.05, 0.1) is 17.0 Å². The molecule has 0 spiro atoms. The fraction of sp³-hybridized carbons (Fsp3) is 0.158. The molecule has 0 aliphatic carbocycles. The van der Waals surface area contributed by atoms with Crippen molar-refractivity contribution in [3.8, 4) is 11.3 Å². The topological polar surface area (TPSA) is 108 Å². The van der Waals surface area contributed by atoms with Crippen LogP contribution in [0.15, 0.2) is 36.7 Å². The number of aromatic nitrogens is 5. The molecule has 9 heteroatoms. The monoisotopic (exact) mass is 381 g/mol. The van der Waals surface area contributed by atoms with Gasteiger partial charge in [0.25, 0.3) is 0 Å². The second-order valence-electron chi connectivity index (χ2n) is 6.30. The van der Waals surface area contributed by atoms with Gasteiger partial charge in [0.1, 0.15) is 17.5 Å². The van der Waals surface area contributed by atoms with Crippen LogP contribution in [0.1, 0.15) is 23.7 Å². The van der Waals surface area contributed by atoms with Crippen LogP contribution in [-0.2, 0) is 12.8 Å². The predicted molar refractivity (Wildman–Crippen MR) is 101 cm³/mol. The Labute approximate surface area is 159 Å². The first-order valence-corrected chi connectivity index (χ1v) is 8.65. The summed E-state index contributed by atoms with van der Waals surface area (Å²) in [4.78, 5) is 12.4. The molecule has 142 valence electrons. The fourth-order valence-corrected chi connectivity index (χ4v) is 3.15. The van der Waals surface area contributed by atoms with Gasteiger partial charge >= 0.3 is 0 Å². The van der Waals surface area contributed by atoms with Crippen LogP contribution in [0.3, 0.4) is 0 Å². The van der Waals surface area contributed by atoms with E-state index >= 15 is 0 Å². The van der Waals surface area contributed by atoms with Crippen LogP contribution < -0.4 is 11.5 Å². The van der Waals surface area contributed by atoms with Gasteiger partial charge < -0.3 is 11.5 Å². The zero-order valence-electron chi connectivity index (χ0n) is 15.0. The number of aryl methyl sites for hydroxylation is 1. The molecule has 0 radical (unpaired) electrons. The largest absolute Gasteiger partial charge is 0.384 e. The maximum absolute atomic E-state index is 14.2. The number of hydrogen-bond donors (Lipinski definition) is 2. The number of nitrogens with zero attached hydrogens (tertiary/aromatic N) is 5. The number of nitrogens with two attached hydrogens (primary N) is 2. The van der Waals surface area contributed by atoms with E-state index < -0.39 is 11.6 Å². The maximum atomic E-state index is 14.2. The van der Waals surface area contributed by atoms with E-state index in [0.29, 0.717) is 18.5 Å². The minimum atomic E-state index is -0.701. The first-order chi connectivity index (χ1) is 13.5. The normalized spacial score (nSPS) is 11.2. The second-order valence-corrected chi connectivity index (χ2v) is 6.30. The summed E-state index contributed by atoms with van der Waals surface area (Å²) in [6.45, 7) is 1.95. The van der Waals surface area contributed by atoms with Gasteiger partial charge in [-0.2, -0.15) is 9.61 Å². The van der Waals surface area contributed by atoms with Gasteiger partial charge in [0.2, 0.25) is 5.95 Å². The summed E-state index contributed by atoms with van der Waals surface area (Å²) in [7, 11) is 0. The molecule has 3 aromatic heterocycles. The van der Waals surface area contributed by atoms with Gasteiger partial charge in [-0.1, -0.05) is 13.0 Å². The molecule has 4 N–H and O–H groups in total. The third-order valence-corrected chi connectivity index (χ3v) is 4.46. The fourth-order valence-electron chi connectivity index (χ4n) is 3.15. The summed E-state index contributed by atoms with van der Waals surface area (Å²) in [6.07, 6.45) is 4.32. The summed E-state index contributed by atoms with van der Waals surface area (Å²) in [6, 6.07) is 5.09. The third kappa shape index (κ3) is 3.00. The van der Waals surface area contributed by atoms with E-state index in [0.717, 1.165) is 16.8 Å². The highest BCUT2D eigenvalue weighted by atomic mass is 19.1. The van der Waals surface area contributed by atoms with Crippen LogP contribution in [-0.4, -0.2) is 24.6 Å². The van der Waals surface area contributed by atoms with Crippen LogP contribution >= 0.6 is 0 Å². The van der Waals surface area contributed by atoms with Crippen molar-refractivity contribution in [3.63, 3.8) is 0 Å². The zero-order chi connectivity index (χ0) is 19.8. The van der Waals surface area contributed by atoms with Crippen LogP contribution in [0.25, 0.3) is 16.9 Å². The van der Waals surface area contributed by atoms with Crippen molar-refractivity contribution in [2.75, 3.05) is 11.5 Å². The molecule has 0 saturated heterocycles. The lowest BCUT2D eigenvalue weighted by molar-refractivity contribution is 0.588. The highest BCUT2D eigenvalue weighted by molar-refractivity contribution is 5.68. The highest BCUT2D eigenvalue weighted by Crippen LogP contribution is 2.28. The average molecular weight is 381 g/mol. The standard InChI is InChI=1S/C19H17F2N7/c1-2-11-14(6-10-8-24-19(23)25-9-10)27-28-16(22)7-15(26-18(11)28)17-12(20)4-3-5-13(17)21/h3-5,7-9H,2,6,22H2,1H3,(H2,23,24,25). The van der Waals surface area contributed by atoms with E-state index in [2.05, 4.69) is 20.1 Å². The van der Waals surface area contributed by atoms with E-state index in [1.165, 1.54) is 28.8 Å². The Balaban J connectivity index is 1.87. The SMILES string of the molecule is CCc1c(Cc2cnc(N)nc2)nn2c(N)cc(-c3c(F)cccc3F)nc12. The Bertz CT molecular complexity index is 1150. The first-order valence-electron chi connectivity index (χ1n) is 8.65. The van der Waals surface area contributed by atoms with Crippen molar-refractivity contribution in [2.24, 2.45) is 0 Å². The summed E-state index contributed by atoms with van der Waals surface area (Å²) in [5.41, 5.74) is 14.4. The Morgan fingerprint density at radius 1 is 1.07 bits per heavy atom. The molecule has 0 atom stereocenters. The molecule has 0 aliphatic rings. The number of halogens is 2. The summed E-state index contributed by atoms with van der Waals surface area (Å²) >= 11 is 0. The molecule has 0 unspecified atom stereocenters. The molecular weight excluding hydrogens is 364 g/mol. The smallest absolute Gasteiger partial charge is 0.219 e.